The van der Waals surface area contributed by atoms with Crippen molar-refractivity contribution in [3.05, 3.63) is 71.1 Å². The quantitative estimate of drug-likeness (QED) is 0.620. The molecule has 0 unspecified atom stereocenters. The smallest absolute Gasteiger partial charge is 0.227 e. The average molecular weight is 411 g/mol. The first-order valence-electron chi connectivity index (χ1n) is 9.80. The van der Waals surface area contributed by atoms with Crippen LogP contribution in [0.25, 0.3) is 11.4 Å². The van der Waals surface area contributed by atoms with Crippen LogP contribution >= 0.6 is 11.6 Å². The minimum absolute atomic E-state index is 0.127. The van der Waals surface area contributed by atoms with Crippen molar-refractivity contribution in [2.45, 2.75) is 19.4 Å². The molecule has 1 amide bonds. The molecule has 3 aromatic rings. The molecular weight excluding hydrogens is 388 g/mol. The first-order chi connectivity index (χ1) is 14.2. The van der Waals surface area contributed by atoms with Gasteiger partial charge < -0.3 is 9.42 Å². The zero-order valence-electron chi connectivity index (χ0n) is 16.1. The molecule has 1 fully saturated rings. The largest absolute Gasteiger partial charge is 0.340 e. The molecule has 4 rings (SSSR count). The van der Waals surface area contributed by atoms with Gasteiger partial charge in [-0.3, -0.25) is 9.69 Å². The van der Waals surface area contributed by atoms with Crippen LogP contribution in [0.5, 0.6) is 0 Å². The zero-order chi connectivity index (χ0) is 20.1. The minimum Gasteiger partial charge on any atom is -0.340 e. The van der Waals surface area contributed by atoms with Crippen LogP contribution in [0.4, 0.5) is 0 Å². The van der Waals surface area contributed by atoms with Crippen molar-refractivity contribution in [2.75, 3.05) is 26.2 Å². The Morgan fingerprint density at radius 2 is 1.72 bits per heavy atom. The fourth-order valence-electron chi connectivity index (χ4n) is 3.48. The zero-order valence-corrected chi connectivity index (χ0v) is 16.9. The summed E-state index contributed by atoms with van der Waals surface area (Å²) in [6.07, 6.45) is 0.795. The molecule has 0 atom stereocenters. The van der Waals surface area contributed by atoms with E-state index in [1.165, 1.54) is 5.56 Å². The van der Waals surface area contributed by atoms with Crippen LogP contribution in [0.1, 0.15) is 17.9 Å². The normalized spacial score (nSPS) is 14.9. The fourth-order valence-corrected chi connectivity index (χ4v) is 3.70. The van der Waals surface area contributed by atoms with Crippen LogP contribution in [0.15, 0.2) is 59.1 Å². The number of carbonyl (C=O) groups is 1. The first kappa shape index (κ1) is 19.6. The van der Waals surface area contributed by atoms with Gasteiger partial charge in [0.2, 0.25) is 17.6 Å². The second kappa shape index (κ2) is 9.20. The summed E-state index contributed by atoms with van der Waals surface area (Å²) in [5, 5.41) is 4.56. The van der Waals surface area contributed by atoms with Gasteiger partial charge in [-0.05, 0) is 17.7 Å². The molecule has 0 saturated carbocycles. The van der Waals surface area contributed by atoms with Crippen LogP contribution < -0.4 is 0 Å². The number of benzene rings is 2. The highest BCUT2D eigenvalue weighted by molar-refractivity contribution is 6.33. The van der Waals surface area contributed by atoms with E-state index in [0.717, 1.165) is 38.3 Å². The van der Waals surface area contributed by atoms with Gasteiger partial charge in [0, 0.05) is 51.1 Å². The second-order valence-electron chi connectivity index (χ2n) is 7.13. The standard InChI is InChI=1S/C22H23ClN4O2/c23-19-9-5-4-8-18(19)22-24-20(29-25-22)10-11-21(28)27-14-12-26(13-15-27)16-17-6-2-1-3-7-17/h1-9H,10-16H2. The summed E-state index contributed by atoms with van der Waals surface area (Å²) in [5.74, 6) is 1.03. The molecule has 2 heterocycles. The second-order valence-corrected chi connectivity index (χ2v) is 7.54. The molecular formula is C22H23ClN4O2. The molecule has 150 valence electrons. The number of hydrogen-bond acceptors (Lipinski definition) is 5. The lowest BCUT2D eigenvalue weighted by Gasteiger charge is -2.34. The van der Waals surface area contributed by atoms with Crippen LogP contribution in [0, 0.1) is 0 Å². The number of rotatable bonds is 6. The molecule has 0 aliphatic carbocycles. The topological polar surface area (TPSA) is 62.5 Å². The molecule has 6 nitrogen and oxygen atoms in total. The predicted octanol–water partition coefficient (Wildman–Crippen LogP) is 3.67. The summed E-state index contributed by atoms with van der Waals surface area (Å²) in [6.45, 7) is 4.20. The molecule has 1 aliphatic rings. The number of nitrogens with zero attached hydrogens (tertiary/aromatic N) is 4. The van der Waals surface area contributed by atoms with E-state index >= 15 is 0 Å². The number of aryl methyl sites for hydroxylation is 1. The van der Waals surface area contributed by atoms with Gasteiger partial charge in [-0.15, -0.1) is 0 Å². The van der Waals surface area contributed by atoms with Crippen LogP contribution in [-0.2, 0) is 17.8 Å². The third-order valence-electron chi connectivity index (χ3n) is 5.11. The predicted molar refractivity (Wildman–Crippen MR) is 111 cm³/mol. The van der Waals surface area contributed by atoms with Crippen molar-refractivity contribution in [3.63, 3.8) is 0 Å². The average Bonchev–Trinajstić information content (AvgIpc) is 3.22. The Hall–Kier alpha value is -2.70. The third kappa shape index (κ3) is 5.02. The molecule has 0 radical (unpaired) electrons. The van der Waals surface area contributed by atoms with Gasteiger partial charge in [-0.25, -0.2) is 0 Å². The number of amides is 1. The van der Waals surface area contributed by atoms with Crippen molar-refractivity contribution in [2.24, 2.45) is 0 Å². The Kier molecular flexibility index (Phi) is 6.22. The van der Waals surface area contributed by atoms with Gasteiger partial charge in [0.05, 0.1) is 5.02 Å². The Morgan fingerprint density at radius 3 is 2.48 bits per heavy atom. The van der Waals surface area contributed by atoms with Crippen molar-refractivity contribution >= 4 is 17.5 Å². The number of halogens is 1. The van der Waals surface area contributed by atoms with E-state index in [4.69, 9.17) is 16.1 Å². The van der Waals surface area contributed by atoms with Gasteiger partial charge >= 0.3 is 0 Å². The summed E-state index contributed by atoms with van der Waals surface area (Å²) < 4.78 is 5.30. The minimum atomic E-state index is 0.127. The number of piperazine rings is 1. The Balaban J connectivity index is 1.25. The van der Waals surface area contributed by atoms with E-state index in [9.17, 15) is 4.79 Å². The van der Waals surface area contributed by atoms with Crippen molar-refractivity contribution in [1.82, 2.24) is 19.9 Å². The summed E-state index contributed by atoms with van der Waals surface area (Å²) in [7, 11) is 0. The molecule has 29 heavy (non-hydrogen) atoms. The lowest BCUT2D eigenvalue weighted by atomic mass is 10.2. The van der Waals surface area contributed by atoms with Crippen molar-refractivity contribution < 1.29 is 9.32 Å². The Morgan fingerprint density at radius 1 is 1.00 bits per heavy atom. The number of aromatic nitrogens is 2. The summed E-state index contributed by atoms with van der Waals surface area (Å²) in [4.78, 5) is 21.2. The number of carbonyl (C=O) groups excluding carboxylic acids is 1. The molecule has 1 saturated heterocycles. The van der Waals surface area contributed by atoms with Gasteiger partial charge in [0.15, 0.2) is 0 Å². The lowest BCUT2D eigenvalue weighted by molar-refractivity contribution is -0.133. The molecule has 0 N–H and O–H groups in total. The Labute approximate surface area is 175 Å². The van der Waals surface area contributed by atoms with Gasteiger partial charge in [-0.2, -0.15) is 4.98 Å². The van der Waals surface area contributed by atoms with Crippen molar-refractivity contribution in [3.8, 4) is 11.4 Å². The molecule has 1 aromatic heterocycles. The maximum atomic E-state index is 12.6. The highest BCUT2D eigenvalue weighted by atomic mass is 35.5. The van der Waals surface area contributed by atoms with Crippen LogP contribution in [-0.4, -0.2) is 52.0 Å². The third-order valence-corrected chi connectivity index (χ3v) is 5.44. The van der Waals surface area contributed by atoms with E-state index < -0.39 is 0 Å². The van der Waals surface area contributed by atoms with Crippen molar-refractivity contribution in [1.29, 1.82) is 0 Å². The van der Waals surface area contributed by atoms with E-state index in [1.54, 1.807) is 6.07 Å². The van der Waals surface area contributed by atoms with E-state index in [0.29, 0.717) is 29.6 Å². The molecule has 2 aromatic carbocycles. The maximum absolute atomic E-state index is 12.6. The van der Waals surface area contributed by atoms with Gasteiger partial charge in [0.1, 0.15) is 0 Å². The molecule has 0 bridgehead atoms. The van der Waals surface area contributed by atoms with Crippen LogP contribution in [0.2, 0.25) is 5.02 Å². The fraction of sp³-hybridized carbons (Fsp3) is 0.318. The molecule has 0 spiro atoms. The summed E-state index contributed by atoms with van der Waals surface area (Å²) >= 11 is 6.17. The highest BCUT2D eigenvalue weighted by Crippen LogP contribution is 2.25. The maximum Gasteiger partial charge on any atom is 0.227 e. The molecule has 1 aliphatic heterocycles. The van der Waals surface area contributed by atoms with E-state index in [-0.39, 0.29) is 5.91 Å². The number of hydrogen-bond donors (Lipinski definition) is 0. The lowest BCUT2D eigenvalue weighted by Crippen LogP contribution is -2.48. The molecule has 7 heteroatoms. The highest BCUT2D eigenvalue weighted by Gasteiger charge is 2.21. The van der Waals surface area contributed by atoms with Gasteiger partial charge in [-0.1, -0.05) is 59.2 Å². The van der Waals surface area contributed by atoms with E-state index in [2.05, 4.69) is 39.3 Å². The summed E-state index contributed by atoms with van der Waals surface area (Å²) in [6, 6.07) is 17.8. The van der Waals surface area contributed by atoms with Gasteiger partial charge in [0.25, 0.3) is 0 Å². The monoisotopic (exact) mass is 410 g/mol. The van der Waals surface area contributed by atoms with Crippen LogP contribution in [0.3, 0.4) is 0 Å². The first-order valence-corrected chi connectivity index (χ1v) is 10.2. The van der Waals surface area contributed by atoms with E-state index in [1.807, 2.05) is 29.2 Å². The summed E-state index contributed by atoms with van der Waals surface area (Å²) in [5.41, 5.74) is 2.03. The SMILES string of the molecule is O=C(CCc1nc(-c2ccccc2Cl)no1)N1CCN(Cc2ccccc2)CC1. The Bertz CT molecular complexity index is 952.